The minimum atomic E-state index is 0.207. The van der Waals surface area contributed by atoms with Gasteiger partial charge in [-0.3, -0.25) is 4.79 Å². The lowest BCUT2D eigenvalue weighted by Gasteiger charge is -2.13. The van der Waals surface area contributed by atoms with Crippen molar-refractivity contribution < 1.29 is 9.36 Å². The van der Waals surface area contributed by atoms with Crippen LogP contribution >= 0.6 is 0 Å². The van der Waals surface area contributed by atoms with Crippen molar-refractivity contribution >= 4 is 5.78 Å². The summed E-state index contributed by atoms with van der Waals surface area (Å²) in [5, 5.41) is 0. The fourth-order valence-electron chi connectivity index (χ4n) is 3.08. The maximum atomic E-state index is 11.1. The molecule has 1 aromatic heterocycles. The van der Waals surface area contributed by atoms with Crippen LogP contribution in [-0.2, 0) is 17.9 Å². The highest BCUT2D eigenvalue weighted by Crippen LogP contribution is 2.35. The molecule has 2 unspecified atom stereocenters. The predicted molar refractivity (Wildman–Crippen MR) is 71.0 cm³/mol. The number of imidazole rings is 1. The van der Waals surface area contributed by atoms with Crippen LogP contribution in [0.1, 0.15) is 40.0 Å². The van der Waals surface area contributed by atoms with Gasteiger partial charge in [0, 0.05) is 0 Å². The maximum absolute atomic E-state index is 11.1. The average Bonchev–Trinajstić information content (AvgIpc) is 2.88. The Labute approximate surface area is 110 Å². The Balaban J connectivity index is 1.87. The summed E-state index contributed by atoms with van der Waals surface area (Å²) in [5.41, 5.74) is 0. The van der Waals surface area contributed by atoms with E-state index in [1.165, 1.54) is 19.3 Å². The van der Waals surface area contributed by atoms with Gasteiger partial charge >= 0.3 is 0 Å². The van der Waals surface area contributed by atoms with Crippen molar-refractivity contribution in [3.63, 3.8) is 0 Å². The highest BCUT2D eigenvalue weighted by atomic mass is 16.1. The second-order valence-electron chi connectivity index (χ2n) is 6.17. The first-order chi connectivity index (χ1) is 8.54. The van der Waals surface area contributed by atoms with Crippen molar-refractivity contribution in [3.05, 3.63) is 18.7 Å². The summed E-state index contributed by atoms with van der Waals surface area (Å²) in [7, 11) is 0. The van der Waals surface area contributed by atoms with Gasteiger partial charge in [-0.25, -0.2) is 9.13 Å². The maximum Gasteiger partial charge on any atom is 0.244 e. The molecule has 0 aromatic carbocycles. The van der Waals surface area contributed by atoms with Gasteiger partial charge in [-0.15, -0.1) is 0 Å². The van der Waals surface area contributed by atoms with Gasteiger partial charge in [-0.1, -0.05) is 13.8 Å². The van der Waals surface area contributed by atoms with Gasteiger partial charge in [0.15, 0.2) is 5.78 Å². The number of hydrogen-bond donors (Lipinski definition) is 0. The number of ketones is 1. The van der Waals surface area contributed by atoms with Crippen LogP contribution in [-0.4, -0.2) is 10.4 Å². The molecule has 0 N–H and O–H groups in total. The van der Waals surface area contributed by atoms with Crippen LogP contribution in [0.5, 0.6) is 0 Å². The molecule has 3 nitrogen and oxygen atoms in total. The van der Waals surface area contributed by atoms with E-state index in [-0.39, 0.29) is 5.78 Å². The molecule has 0 radical (unpaired) electrons. The van der Waals surface area contributed by atoms with Crippen molar-refractivity contribution in [3.8, 4) is 0 Å². The molecule has 1 aliphatic carbocycles. The Kier molecular flexibility index (Phi) is 4.20. The lowest BCUT2D eigenvalue weighted by molar-refractivity contribution is -0.702. The molecular formula is C15H25N2O+. The summed E-state index contributed by atoms with van der Waals surface area (Å²) < 4.78 is 4.20. The molecule has 2 atom stereocenters. The van der Waals surface area contributed by atoms with Crippen LogP contribution in [0.3, 0.4) is 0 Å². The van der Waals surface area contributed by atoms with Gasteiger partial charge in [-0.2, -0.15) is 0 Å². The van der Waals surface area contributed by atoms with Gasteiger partial charge in [-0.05, 0) is 43.9 Å². The van der Waals surface area contributed by atoms with Crippen LogP contribution in [0.15, 0.2) is 18.7 Å². The SMILES string of the molecule is CC(=O)Cn1cc[n+](CC2CCC(C(C)C)C2)c1. The summed E-state index contributed by atoms with van der Waals surface area (Å²) in [6, 6.07) is 0. The second kappa shape index (κ2) is 5.68. The number of carbonyl (C=O) groups excluding carboxylic acids is 1. The van der Waals surface area contributed by atoms with Gasteiger partial charge < -0.3 is 0 Å². The van der Waals surface area contributed by atoms with Gasteiger partial charge in [0.05, 0.1) is 6.54 Å². The summed E-state index contributed by atoms with van der Waals surface area (Å²) in [6.45, 7) is 7.90. The zero-order chi connectivity index (χ0) is 13.1. The van der Waals surface area contributed by atoms with E-state index in [0.717, 1.165) is 24.3 Å². The Morgan fingerprint density at radius 2 is 2.22 bits per heavy atom. The van der Waals surface area contributed by atoms with E-state index in [0.29, 0.717) is 6.54 Å². The molecule has 1 aliphatic rings. The summed E-state index contributed by atoms with van der Waals surface area (Å²) in [6.07, 6.45) is 10.2. The Morgan fingerprint density at radius 1 is 1.44 bits per heavy atom. The fourth-order valence-corrected chi connectivity index (χ4v) is 3.08. The quantitative estimate of drug-likeness (QED) is 0.736. The Hall–Kier alpha value is -1.12. The zero-order valence-electron chi connectivity index (χ0n) is 11.8. The average molecular weight is 249 g/mol. The smallest absolute Gasteiger partial charge is 0.244 e. The summed E-state index contributed by atoms with van der Waals surface area (Å²) in [4.78, 5) is 11.1. The molecule has 1 fully saturated rings. The predicted octanol–water partition coefficient (Wildman–Crippen LogP) is 2.44. The van der Waals surface area contributed by atoms with E-state index in [1.54, 1.807) is 6.92 Å². The largest absolute Gasteiger partial charge is 0.296 e. The van der Waals surface area contributed by atoms with Crippen molar-refractivity contribution in [2.24, 2.45) is 17.8 Å². The van der Waals surface area contributed by atoms with Crippen LogP contribution in [0.25, 0.3) is 0 Å². The molecule has 0 saturated heterocycles. The minimum absolute atomic E-state index is 0.207. The minimum Gasteiger partial charge on any atom is -0.296 e. The number of hydrogen-bond acceptors (Lipinski definition) is 1. The number of aromatic nitrogens is 2. The molecule has 0 aliphatic heterocycles. The lowest BCUT2D eigenvalue weighted by atomic mass is 9.93. The Morgan fingerprint density at radius 3 is 2.83 bits per heavy atom. The lowest BCUT2D eigenvalue weighted by Crippen LogP contribution is -2.35. The monoisotopic (exact) mass is 249 g/mol. The molecule has 1 saturated carbocycles. The third-order valence-corrected chi connectivity index (χ3v) is 4.15. The third-order valence-electron chi connectivity index (χ3n) is 4.15. The van der Waals surface area contributed by atoms with E-state index in [4.69, 9.17) is 0 Å². The summed E-state index contributed by atoms with van der Waals surface area (Å²) in [5.74, 6) is 2.76. The van der Waals surface area contributed by atoms with Gasteiger partial charge in [0.25, 0.3) is 0 Å². The first kappa shape index (κ1) is 13.3. The third kappa shape index (κ3) is 3.44. The number of carbonyl (C=O) groups is 1. The van der Waals surface area contributed by atoms with Gasteiger partial charge in [0.1, 0.15) is 18.9 Å². The standard InChI is InChI=1S/C15H25N2O/c1-12(2)15-5-4-14(8-15)10-17-7-6-16(11-17)9-13(3)18/h6-7,11-12,14-15H,4-5,8-10H2,1-3H3/q+1. The molecule has 1 heterocycles. The molecule has 0 spiro atoms. The molecular weight excluding hydrogens is 224 g/mol. The van der Waals surface area contributed by atoms with E-state index < -0.39 is 0 Å². The first-order valence-electron chi connectivity index (χ1n) is 7.09. The van der Waals surface area contributed by atoms with E-state index in [2.05, 4.69) is 30.9 Å². The highest BCUT2D eigenvalue weighted by molar-refractivity contribution is 5.75. The second-order valence-corrected chi connectivity index (χ2v) is 6.17. The van der Waals surface area contributed by atoms with Crippen molar-refractivity contribution in [2.75, 3.05) is 0 Å². The number of nitrogens with zero attached hydrogens (tertiary/aromatic N) is 2. The molecule has 18 heavy (non-hydrogen) atoms. The highest BCUT2D eigenvalue weighted by Gasteiger charge is 2.28. The van der Waals surface area contributed by atoms with Crippen molar-refractivity contribution in [1.29, 1.82) is 0 Å². The topological polar surface area (TPSA) is 25.9 Å². The molecule has 2 rings (SSSR count). The van der Waals surface area contributed by atoms with Crippen LogP contribution in [0, 0.1) is 17.8 Å². The van der Waals surface area contributed by atoms with Gasteiger partial charge in [0.2, 0.25) is 6.33 Å². The van der Waals surface area contributed by atoms with Crippen LogP contribution in [0.4, 0.5) is 0 Å². The molecule has 0 amide bonds. The van der Waals surface area contributed by atoms with Crippen LogP contribution in [0.2, 0.25) is 0 Å². The van der Waals surface area contributed by atoms with E-state index in [1.807, 2.05) is 10.8 Å². The fraction of sp³-hybridized carbons (Fsp3) is 0.733. The van der Waals surface area contributed by atoms with E-state index >= 15 is 0 Å². The zero-order valence-corrected chi connectivity index (χ0v) is 11.8. The number of rotatable bonds is 5. The summed E-state index contributed by atoms with van der Waals surface area (Å²) >= 11 is 0. The molecule has 0 bridgehead atoms. The van der Waals surface area contributed by atoms with Crippen molar-refractivity contribution in [1.82, 2.24) is 4.57 Å². The molecule has 1 aromatic rings. The van der Waals surface area contributed by atoms with Crippen molar-refractivity contribution in [2.45, 2.75) is 53.1 Å². The van der Waals surface area contributed by atoms with E-state index in [9.17, 15) is 4.79 Å². The van der Waals surface area contributed by atoms with Crippen LogP contribution < -0.4 is 4.57 Å². The normalized spacial score (nSPS) is 23.8. The number of Topliss-reactive ketones (excluding diaryl/α,β-unsaturated/α-hetero) is 1. The Bertz CT molecular complexity index is 408. The molecule has 3 heteroatoms. The molecule has 100 valence electrons. The first-order valence-corrected chi connectivity index (χ1v) is 7.09.